The Morgan fingerprint density at radius 3 is 2.30 bits per heavy atom. The van der Waals surface area contributed by atoms with Gasteiger partial charge in [-0.15, -0.1) is 0 Å². The number of rotatable bonds is 2. The fraction of sp³-hybridized carbons (Fsp3) is 0.667. The monoisotopic (exact) mass is 277 g/mol. The Morgan fingerprint density at radius 2 is 1.80 bits per heavy atom. The first-order valence-corrected chi connectivity index (χ1v) is 7.31. The summed E-state index contributed by atoms with van der Waals surface area (Å²) in [6, 6.07) is 1.82. The molecule has 20 heavy (non-hydrogen) atoms. The second-order valence-corrected chi connectivity index (χ2v) is 6.85. The smallest absolute Gasteiger partial charge is 0.399 e. The van der Waals surface area contributed by atoms with Crippen molar-refractivity contribution in [2.24, 2.45) is 0 Å². The highest BCUT2D eigenvalue weighted by Crippen LogP contribution is 2.38. The number of aromatic nitrogens is 1. The van der Waals surface area contributed by atoms with Crippen LogP contribution in [0, 0.1) is 5.82 Å². The minimum absolute atomic E-state index is 0.355. The molecule has 0 amide bonds. The summed E-state index contributed by atoms with van der Waals surface area (Å²) >= 11 is 0. The van der Waals surface area contributed by atoms with Gasteiger partial charge < -0.3 is 9.31 Å². The molecular formula is C15H21BFNO2. The summed E-state index contributed by atoms with van der Waals surface area (Å²) in [5.74, 6) is 0.114. The Kier molecular flexibility index (Phi) is 3.18. The van der Waals surface area contributed by atoms with Crippen molar-refractivity contribution in [3.63, 3.8) is 0 Å². The van der Waals surface area contributed by atoms with E-state index in [-0.39, 0.29) is 5.82 Å². The first kappa shape index (κ1) is 14.0. The van der Waals surface area contributed by atoms with Gasteiger partial charge in [0.25, 0.3) is 0 Å². The lowest BCUT2D eigenvalue weighted by molar-refractivity contribution is 0.00578. The van der Waals surface area contributed by atoms with E-state index in [4.69, 9.17) is 9.31 Å². The normalized spacial score (nSPS) is 24.8. The molecule has 2 fully saturated rings. The van der Waals surface area contributed by atoms with Gasteiger partial charge in [0.15, 0.2) is 0 Å². The SMILES string of the molecule is CC1(C)OB(c2cc(C3CCC3)ncc2F)OC1(C)C. The zero-order valence-electron chi connectivity index (χ0n) is 12.6. The molecule has 1 aliphatic heterocycles. The van der Waals surface area contributed by atoms with E-state index in [0.29, 0.717) is 11.4 Å². The van der Waals surface area contributed by atoms with Gasteiger partial charge in [0, 0.05) is 17.1 Å². The first-order valence-electron chi connectivity index (χ1n) is 7.31. The topological polar surface area (TPSA) is 31.4 Å². The van der Waals surface area contributed by atoms with Crippen molar-refractivity contribution in [2.45, 2.75) is 64.1 Å². The zero-order valence-corrected chi connectivity index (χ0v) is 12.6. The molecule has 1 saturated heterocycles. The summed E-state index contributed by atoms with van der Waals surface area (Å²) in [4.78, 5) is 4.22. The number of hydrogen-bond acceptors (Lipinski definition) is 3. The number of nitrogens with zero attached hydrogens (tertiary/aromatic N) is 1. The fourth-order valence-electron chi connectivity index (χ4n) is 2.55. The van der Waals surface area contributed by atoms with E-state index in [1.54, 1.807) is 0 Å². The quantitative estimate of drug-likeness (QED) is 0.779. The van der Waals surface area contributed by atoms with E-state index >= 15 is 0 Å². The lowest BCUT2D eigenvalue weighted by Gasteiger charge is -2.32. The van der Waals surface area contributed by atoms with Crippen LogP contribution in [0.4, 0.5) is 4.39 Å². The molecule has 1 aliphatic carbocycles. The number of halogens is 1. The first-order chi connectivity index (χ1) is 9.30. The molecule has 2 aliphatic rings. The van der Waals surface area contributed by atoms with Crippen molar-refractivity contribution in [1.82, 2.24) is 4.98 Å². The van der Waals surface area contributed by atoms with Crippen LogP contribution in [-0.2, 0) is 9.31 Å². The maximum Gasteiger partial charge on any atom is 0.497 e. The minimum Gasteiger partial charge on any atom is -0.399 e. The Labute approximate surface area is 120 Å². The fourth-order valence-corrected chi connectivity index (χ4v) is 2.55. The molecule has 0 bridgehead atoms. The molecule has 1 aromatic heterocycles. The standard InChI is InChI=1S/C15H21BFNO2/c1-14(2)15(3,4)20-16(19-14)11-8-13(10-6-5-7-10)18-9-12(11)17/h8-10H,5-7H2,1-4H3. The van der Waals surface area contributed by atoms with Gasteiger partial charge in [-0.1, -0.05) is 6.42 Å². The molecule has 0 atom stereocenters. The minimum atomic E-state index is -0.651. The van der Waals surface area contributed by atoms with E-state index in [9.17, 15) is 4.39 Å². The third kappa shape index (κ3) is 2.17. The summed E-state index contributed by atoms with van der Waals surface area (Å²) in [5.41, 5.74) is 0.525. The van der Waals surface area contributed by atoms with Crippen molar-refractivity contribution in [3.05, 3.63) is 23.8 Å². The van der Waals surface area contributed by atoms with E-state index in [0.717, 1.165) is 18.5 Å². The molecule has 108 valence electrons. The van der Waals surface area contributed by atoms with E-state index < -0.39 is 18.3 Å². The Bertz CT molecular complexity index is 513. The molecule has 1 aromatic rings. The Morgan fingerprint density at radius 1 is 1.20 bits per heavy atom. The van der Waals surface area contributed by atoms with E-state index in [2.05, 4.69) is 4.98 Å². The summed E-state index contributed by atoms with van der Waals surface area (Å²) < 4.78 is 25.9. The molecule has 0 unspecified atom stereocenters. The number of hydrogen-bond donors (Lipinski definition) is 0. The molecule has 0 aromatic carbocycles. The highest BCUT2D eigenvalue weighted by atomic mass is 19.1. The second-order valence-electron chi connectivity index (χ2n) is 6.85. The Hall–Kier alpha value is -0.935. The molecule has 2 heterocycles. The van der Waals surface area contributed by atoms with Gasteiger partial charge in [-0.3, -0.25) is 4.98 Å². The molecule has 5 heteroatoms. The molecule has 3 nitrogen and oxygen atoms in total. The van der Waals surface area contributed by atoms with Crippen LogP contribution in [0.3, 0.4) is 0 Å². The van der Waals surface area contributed by atoms with Crippen molar-refractivity contribution >= 4 is 12.6 Å². The second kappa shape index (κ2) is 4.53. The van der Waals surface area contributed by atoms with Gasteiger partial charge in [0.2, 0.25) is 0 Å². The van der Waals surface area contributed by atoms with Crippen LogP contribution in [-0.4, -0.2) is 23.3 Å². The highest BCUT2D eigenvalue weighted by Gasteiger charge is 2.52. The van der Waals surface area contributed by atoms with Crippen LogP contribution in [0.15, 0.2) is 12.3 Å². The molecule has 0 radical (unpaired) electrons. The summed E-state index contributed by atoms with van der Waals surface area (Å²) in [5, 5.41) is 0. The largest absolute Gasteiger partial charge is 0.497 e. The van der Waals surface area contributed by atoms with Crippen molar-refractivity contribution in [1.29, 1.82) is 0 Å². The van der Waals surface area contributed by atoms with Crippen molar-refractivity contribution in [3.8, 4) is 0 Å². The molecule has 3 rings (SSSR count). The summed E-state index contributed by atoms with van der Waals surface area (Å²) in [6.07, 6.45) is 4.81. The van der Waals surface area contributed by atoms with E-state index in [1.165, 1.54) is 12.6 Å². The van der Waals surface area contributed by atoms with Crippen LogP contribution in [0.2, 0.25) is 0 Å². The van der Waals surface area contributed by atoms with Crippen LogP contribution < -0.4 is 5.46 Å². The van der Waals surface area contributed by atoms with Crippen molar-refractivity contribution in [2.75, 3.05) is 0 Å². The van der Waals surface area contributed by atoms with Crippen LogP contribution in [0.1, 0.15) is 58.6 Å². The van der Waals surface area contributed by atoms with E-state index in [1.807, 2.05) is 33.8 Å². The predicted molar refractivity (Wildman–Crippen MR) is 76.5 cm³/mol. The lowest BCUT2D eigenvalue weighted by Crippen LogP contribution is -2.41. The summed E-state index contributed by atoms with van der Waals surface area (Å²) in [7, 11) is -0.651. The zero-order chi connectivity index (χ0) is 14.5. The van der Waals surface area contributed by atoms with Gasteiger partial charge in [-0.25, -0.2) is 4.39 Å². The number of pyridine rings is 1. The lowest BCUT2D eigenvalue weighted by atomic mass is 9.76. The highest BCUT2D eigenvalue weighted by molar-refractivity contribution is 6.62. The van der Waals surface area contributed by atoms with Crippen LogP contribution >= 0.6 is 0 Å². The third-order valence-corrected chi connectivity index (χ3v) is 4.94. The van der Waals surface area contributed by atoms with Gasteiger partial charge in [0.05, 0.1) is 17.4 Å². The van der Waals surface area contributed by atoms with Gasteiger partial charge in [0.1, 0.15) is 5.82 Å². The van der Waals surface area contributed by atoms with Gasteiger partial charge >= 0.3 is 7.12 Å². The third-order valence-electron chi connectivity index (χ3n) is 4.94. The average molecular weight is 277 g/mol. The molecular weight excluding hydrogens is 256 g/mol. The maximum atomic E-state index is 14.1. The van der Waals surface area contributed by atoms with Crippen molar-refractivity contribution < 1.29 is 13.7 Å². The van der Waals surface area contributed by atoms with Gasteiger partial charge in [-0.05, 0) is 46.6 Å². The van der Waals surface area contributed by atoms with Crippen LogP contribution in [0.5, 0.6) is 0 Å². The molecule has 0 N–H and O–H groups in total. The predicted octanol–water partition coefficient (Wildman–Crippen LogP) is 2.79. The molecule has 1 saturated carbocycles. The average Bonchev–Trinajstić information content (AvgIpc) is 2.48. The van der Waals surface area contributed by atoms with Crippen LogP contribution in [0.25, 0.3) is 0 Å². The van der Waals surface area contributed by atoms with Gasteiger partial charge in [-0.2, -0.15) is 0 Å². The Balaban J connectivity index is 1.90. The summed E-state index contributed by atoms with van der Waals surface area (Å²) in [6.45, 7) is 7.88. The molecule has 0 spiro atoms. The maximum absolute atomic E-state index is 14.1.